The fraction of sp³-hybridized carbons (Fsp3) is 0.161. The zero-order valence-electron chi connectivity index (χ0n) is 23.6. The summed E-state index contributed by atoms with van der Waals surface area (Å²) in [4.78, 5) is 26.8. The molecule has 43 heavy (non-hydrogen) atoms. The number of nitrogens with two attached hydrogens (primary N) is 1. The van der Waals surface area contributed by atoms with Crippen LogP contribution < -0.4 is 15.8 Å². The minimum absolute atomic E-state index is 0.234. The highest BCUT2D eigenvalue weighted by Gasteiger charge is 2.23. The average molecular weight is 595 g/mol. The van der Waals surface area contributed by atoms with Crippen LogP contribution in [-0.4, -0.2) is 40.8 Å². The van der Waals surface area contributed by atoms with E-state index in [1.807, 2.05) is 40.4 Å². The Hall–Kier alpha value is -5.29. The van der Waals surface area contributed by atoms with Crippen LogP contribution >= 0.6 is 11.6 Å². The van der Waals surface area contributed by atoms with Gasteiger partial charge in [-0.3, -0.25) is 14.2 Å². The van der Waals surface area contributed by atoms with Crippen LogP contribution in [-0.2, 0) is 0 Å². The number of carbonyl (C=O) groups excluding carboxylic acids is 1. The maximum atomic E-state index is 13.1. The molecule has 0 bridgehead atoms. The van der Waals surface area contributed by atoms with E-state index in [0.717, 1.165) is 16.6 Å². The van der Waals surface area contributed by atoms with Gasteiger partial charge in [-0.05, 0) is 51.1 Å². The van der Waals surface area contributed by atoms with Gasteiger partial charge >= 0.3 is 0 Å². The fourth-order valence-electron chi connectivity index (χ4n) is 5.18. The van der Waals surface area contributed by atoms with Crippen LogP contribution in [0.4, 0.5) is 11.5 Å². The van der Waals surface area contributed by atoms with Crippen LogP contribution in [0, 0.1) is 11.1 Å². The molecule has 0 spiro atoms. The molecule has 0 unspecified atom stereocenters. The second-order valence-electron chi connectivity index (χ2n) is 10.3. The second-order valence-corrected chi connectivity index (χ2v) is 10.7. The molecule has 3 N–H and O–H groups in total. The van der Waals surface area contributed by atoms with Gasteiger partial charge < -0.3 is 29.2 Å². The number of halogens is 1. The lowest BCUT2D eigenvalue weighted by Crippen LogP contribution is -2.14. The molecule has 2 aliphatic rings. The highest BCUT2D eigenvalue weighted by Crippen LogP contribution is 2.40. The van der Waals surface area contributed by atoms with E-state index in [2.05, 4.69) is 28.7 Å². The van der Waals surface area contributed by atoms with Crippen molar-refractivity contribution in [3.8, 4) is 28.3 Å². The normalized spacial score (nSPS) is 11.7. The number of hydrogen-bond donors (Lipinski definition) is 2. The summed E-state index contributed by atoms with van der Waals surface area (Å²) in [5.41, 5.74) is 13.1. The Morgan fingerprint density at radius 2 is 1.91 bits per heavy atom. The van der Waals surface area contributed by atoms with E-state index in [1.165, 1.54) is 0 Å². The molecule has 11 nitrogen and oxygen atoms in total. The van der Waals surface area contributed by atoms with Crippen LogP contribution in [0.1, 0.15) is 37.2 Å². The monoisotopic (exact) mass is 594 g/mol. The van der Waals surface area contributed by atoms with Crippen molar-refractivity contribution < 1.29 is 13.9 Å². The number of aromatic nitrogens is 6. The molecule has 1 amide bonds. The third-order valence-corrected chi connectivity index (χ3v) is 7.56. The molecule has 2 aliphatic heterocycles. The number of imidazole rings is 1. The molecule has 0 radical (unpaired) electrons. The second kappa shape index (κ2) is 10.2. The SMILES string of the molecule is CCOc1cc(C(=O)Nc2ccccn2)c(Cl)cc1-c1ncn2ccnc(-c3cn4c5oc=5n(C(C)C)cc4cc3N)c12. The van der Waals surface area contributed by atoms with E-state index < -0.39 is 5.91 Å². The third kappa shape index (κ3) is 4.54. The predicted molar refractivity (Wildman–Crippen MR) is 164 cm³/mol. The van der Waals surface area contributed by atoms with Crippen LogP contribution in [0.2, 0.25) is 5.02 Å². The van der Waals surface area contributed by atoms with Gasteiger partial charge in [0.25, 0.3) is 17.0 Å². The molecule has 0 aliphatic carbocycles. The number of benzene rings is 1. The van der Waals surface area contributed by atoms with Gasteiger partial charge in [0.1, 0.15) is 29.3 Å². The number of carbonyl (C=O) groups is 1. The highest BCUT2D eigenvalue weighted by molar-refractivity contribution is 6.35. The maximum absolute atomic E-state index is 13.1. The number of ether oxygens (including phenoxy) is 1. The van der Waals surface area contributed by atoms with Gasteiger partial charge in [0.2, 0.25) is 0 Å². The Labute approximate surface area is 250 Å². The smallest absolute Gasteiger partial charge is 0.268 e. The van der Waals surface area contributed by atoms with Crippen molar-refractivity contribution in [2.75, 3.05) is 17.7 Å². The minimum Gasteiger partial charge on any atom is -0.493 e. The molecule has 0 saturated carbocycles. The molecular weight excluding hydrogens is 568 g/mol. The van der Waals surface area contributed by atoms with Crippen LogP contribution in [0.3, 0.4) is 0 Å². The topological polar surface area (TPSA) is 130 Å². The lowest BCUT2D eigenvalue weighted by atomic mass is 10.0. The van der Waals surface area contributed by atoms with E-state index in [-0.39, 0.29) is 16.6 Å². The summed E-state index contributed by atoms with van der Waals surface area (Å²) in [6.45, 7) is 6.44. The summed E-state index contributed by atoms with van der Waals surface area (Å²) in [5, 5.41) is 3.01. The molecule has 4 aromatic heterocycles. The standard InChI is InChI=1S/C31H27ClN8O3/c1-4-42-24-13-19(29(41)37-25-7-5-6-8-34-25)22(32)12-20(24)26-28-27(35-9-10-38(28)16-36-26)21-15-40-18(11-23(21)33)14-39(17(2)3)30-31(40)43-30/h5-17H,4,33H2,1-3H3,(H,34,37,41). The zero-order valence-corrected chi connectivity index (χ0v) is 24.3. The van der Waals surface area contributed by atoms with Gasteiger partial charge in [-0.15, -0.1) is 0 Å². The number of nitrogens with one attached hydrogen (secondary N) is 1. The first-order valence-electron chi connectivity index (χ1n) is 13.8. The van der Waals surface area contributed by atoms with Crippen LogP contribution in [0.5, 0.6) is 5.75 Å². The first kappa shape index (κ1) is 26.6. The van der Waals surface area contributed by atoms with Crippen molar-refractivity contribution in [2.24, 2.45) is 0 Å². The van der Waals surface area contributed by atoms with Crippen molar-refractivity contribution in [3.05, 3.63) is 95.4 Å². The third-order valence-electron chi connectivity index (χ3n) is 7.25. The zero-order chi connectivity index (χ0) is 29.8. The molecular formula is C31H27ClN8O3. The van der Waals surface area contributed by atoms with Gasteiger partial charge in [-0.2, -0.15) is 0 Å². The van der Waals surface area contributed by atoms with E-state index in [1.54, 1.807) is 49.1 Å². The number of pyridine rings is 2. The minimum atomic E-state index is -0.407. The molecule has 0 saturated heterocycles. The van der Waals surface area contributed by atoms with E-state index >= 15 is 0 Å². The quantitative estimate of drug-likeness (QED) is 0.221. The number of rotatable bonds is 7. The Bertz CT molecular complexity index is 2210. The molecule has 6 heterocycles. The van der Waals surface area contributed by atoms with Crippen molar-refractivity contribution in [3.63, 3.8) is 0 Å². The van der Waals surface area contributed by atoms with Crippen molar-refractivity contribution in [2.45, 2.75) is 26.8 Å². The van der Waals surface area contributed by atoms with Crippen molar-refractivity contribution >= 4 is 40.0 Å². The molecule has 216 valence electrons. The molecule has 0 atom stereocenters. The number of nitrogen functional groups attached to an aromatic ring is 1. The average Bonchev–Trinajstić information content (AvgIpc) is 3.68. The molecule has 0 fully saturated rings. The van der Waals surface area contributed by atoms with E-state index in [9.17, 15) is 4.79 Å². The maximum Gasteiger partial charge on any atom is 0.268 e. The fourth-order valence-corrected chi connectivity index (χ4v) is 5.42. The Balaban J connectivity index is 1.38. The van der Waals surface area contributed by atoms with Gasteiger partial charge in [0, 0.05) is 53.8 Å². The highest BCUT2D eigenvalue weighted by atomic mass is 35.5. The molecule has 12 heteroatoms. The van der Waals surface area contributed by atoms with E-state index in [0.29, 0.717) is 51.9 Å². The summed E-state index contributed by atoms with van der Waals surface area (Å²) in [5.74, 6) is 0.456. The predicted octanol–water partition coefficient (Wildman–Crippen LogP) is 6.30. The summed E-state index contributed by atoms with van der Waals surface area (Å²) in [6.07, 6.45) is 10.8. The number of fused-ring (bicyclic) bond motifs is 3. The van der Waals surface area contributed by atoms with Gasteiger partial charge in [0.15, 0.2) is 0 Å². The van der Waals surface area contributed by atoms with Crippen molar-refractivity contribution in [1.82, 2.24) is 28.3 Å². The molecule has 5 aromatic rings. The Morgan fingerprint density at radius 1 is 1.07 bits per heavy atom. The molecule has 7 rings (SSSR count). The van der Waals surface area contributed by atoms with Crippen molar-refractivity contribution in [1.29, 1.82) is 0 Å². The number of anilines is 2. The van der Waals surface area contributed by atoms with E-state index in [4.69, 9.17) is 36.5 Å². The number of nitrogens with zero attached hydrogens (tertiary/aromatic N) is 6. The summed E-state index contributed by atoms with van der Waals surface area (Å²) < 4.78 is 17.8. The lowest BCUT2D eigenvalue weighted by molar-refractivity contribution is 0.102. The summed E-state index contributed by atoms with van der Waals surface area (Å²) in [7, 11) is 0. The summed E-state index contributed by atoms with van der Waals surface area (Å²) >= 11 is 6.71. The largest absolute Gasteiger partial charge is 0.493 e. The van der Waals surface area contributed by atoms with Gasteiger partial charge in [0.05, 0.1) is 28.2 Å². The van der Waals surface area contributed by atoms with Crippen LogP contribution in [0.25, 0.3) is 33.5 Å². The van der Waals surface area contributed by atoms with Gasteiger partial charge in [-0.25, -0.2) is 9.97 Å². The van der Waals surface area contributed by atoms with Gasteiger partial charge in [-0.1, -0.05) is 17.7 Å². The first-order chi connectivity index (χ1) is 20.8. The molecule has 1 aromatic carbocycles. The number of hydrogen-bond acceptors (Lipinski definition) is 7. The lowest BCUT2D eigenvalue weighted by Gasteiger charge is -2.15. The number of amides is 1. The first-order valence-corrected chi connectivity index (χ1v) is 14.1. The summed E-state index contributed by atoms with van der Waals surface area (Å²) in [6, 6.07) is 10.7. The Kier molecular flexibility index (Phi) is 6.32. The Morgan fingerprint density at radius 3 is 2.67 bits per heavy atom. The van der Waals surface area contributed by atoms with Crippen LogP contribution in [0.15, 0.2) is 78.1 Å².